The summed E-state index contributed by atoms with van der Waals surface area (Å²) in [7, 11) is 0. The van der Waals surface area contributed by atoms with Crippen molar-refractivity contribution in [1.29, 1.82) is 0 Å². The lowest BCUT2D eigenvalue weighted by atomic mass is 9.96. The Labute approximate surface area is 67.1 Å². The summed E-state index contributed by atoms with van der Waals surface area (Å²) < 4.78 is 5.43. The fraction of sp³-hybridized carbons (Fsp3) is 0.875. The third-order valence-electron chi connectivity index (χ3n) is 1.85. The van der Waals surface area contributed by atoms with E-state index in [9.17, 15) is 4.79 Å². The van der Waals surface area contributed by atoms with Crippen LogP contribution >= 0.6 is 0 Å². The van der Waals surface area contributed by atoms with E-state index in [-0.39, 0.29) is 24.2 Å². The van der Waals surface area contributed by atoms with E-state index >= 15 is 0 Å². The highest BCUT2D eigenvalue weighted by Crippen LogP contribution is 2.20. The fourth-order valence-corrected chi connectivity index (χ4v) is 1.21. The highest BCUT2D eigenvalue weighted by Gasteiger charge is 2.38. The minimum Gasteiger partial charge on any atom is -0.355 e. The summed E-state index contributed by atoms with van der Waals surface area (Å²) in [6, 6.07) is 0. The van der Waals surface area contributed by atoms with Crippen molar-refractivity contribution in [1.82, 2.24) is 5.32 Å². The maximum atomic E-state index is 10.9. The van der Waals surface area contributed by atoms with Crippen molar-refractivity contribution < 1.29 is 9.53 Å². The molecule has 1 amide bonds. The van der Waals surface area contributed by atoms with Crippen LogP contribution in [0.5, 0.6) is 0 Å². The van der Waals surface area contributed by atoms with Gasteiger partial charge in [-0.05, 0) is 20.3 Å². The Bertz CT molecular complexity index is 156. The number of ether oxygens (including phenoxy) is 1. The number of carbonyl (C=O) groups is 1. The van der Waals surface area contributed by atoms with Crippen molar-refractivity contribution in [2.24, 2.45) is 5.92 Å². The molecule has 1 N–H and O–H groups in total. The Kier molecular flexibility index (Phi) is 2.49. The molecule has 0 aromatic carbocycles. The van der Waals surface area contributed by atoms with E-state index in [1.165, 1.54) is 0 Å². The first-order valence-corrected chi connectivity index (χ1v) is 4.11. The van der Waals surface area contributed by atoms with Crippen molar-refractivity contribution in [3.05, 3.63) is 0 Å². The minimum absolute atomic E-state index is 0.0347. The third-order valence-corrected chi connectivity index (χ3v) is 1.85. The van der Waals surface area contributed by atoms with Gasteiger partial charge in [-0.1, -0.05) is 6.92 Å². The summed E-state index contributed by atoms with van der Waals surface area (Å²) in [6.45, 7) is 5.94. The number of carbonyl (C=O) groups excluding carboxylic acids is 1. The topological polar surface area (TPSA) is 38.3 Å². The molecular weight excluding hydrogens is 142 g/mol. The highest BCUT2D eigenvalue weighted by atomic mass is 16.5. The molecule has 0 spiro atoms. The van der Waals surface area contributed by atoms with Gasteiger partial charge in [0.1, 0.15) is 6.23 Å². The average molecular weight is 157 g/mol. The molecule has 1 aliphatic rings. The van der Waals surface area contributed by atoms with Crippen LogP contribution in [0, 0.1) is 5.92 Å². The Balaban J connectivity index is 2.33. The molecule has 0 aromatic rings. The maximum absolute atomic E-state index is 10.9. The Morgan fingerprint density at radius 2 is 2.27 bits per heavy atom. The number of hydrogen-bond acceptors (Lipinski definition) is 2. The number of nitrogens with one attached hydrogen (secondary N) is 1. The van der Waals surface area contributed by atoms with E-state index in [2.05, 4.69) is 5.32 Å². The molecule has 0 radical (unpaired) electrons. The van der Waals surface area contributed by atoms with E-state index in [0.29, 0.717) is 0 Å². The molecule has 2 atom stereocenters. The molecule has 3 nitrogen and oxygen atoms in total. The molecule has 0 unspecified atom stereocenters. The monoisotopic (exact) mass is 157 g/mol. The largest absolute Gasteiger partial charge is 0.355 e. The molecule has 0 saturated carbocycles. The molecule has 3 heteroatoms. The molecule has 11 heavy (non-hydrogen) atoms. The van der Waals surface area contributed by atoms with E-state index < -0.39 is 0 Å². The Morgan fingerprint density at radius 3 is 2.64 bits per heavy atom. The standard InChI is InChI=1S/C8H15NO2/c1-4-6-7(10)9-8(6)11-5(2)3/h5-6,8H,4H2,1-3H3,(H,9,10)/t6-,8+/m0/s1. The van der Waals surface area contributed by atoms with Gasteiger partial charge < -0.3 is 10.1 Å². The van der Waals surface area contributed by atoms with Crippen LogP contribution in [-0.4, -0.2) is 18.2 Å². The van der Waals surface area contributed by atoms with Gasteiger partial charge in [-0.3, -0.25) is 4.79 Å². The first-order valence-electron chi connectivity index (χ1n) is 4.11. The summed E-state index contributed by atoms with van der Waals surface area (Å²) in [5.74, 6) is 0.204. The average Bonchev–Trinajstić information content (AvgIpc) is 1.86. The number of rotatable bonds is 3. The van der Waals surface area contributed by atoms with Crippen LogP contribution in [0.1, 0.15) is 27.2 Å². The smallest absolute Gasteiger partial charge is 0.229 e. The summed E-state index contributed by atoms with van der Waals surface area (Å²) >= 11 is 0. The second kappa shape index (κ2) is 3.22. The van der Waals surface area contributed by atoms with E-state index in [0.717, 1.165) is 6.42 Å². The third kappa shape index (κ3) is 1.71. The number of amides is 1. The first kappa shape index (κ1) is 8.53. The predicted molar refractivity (Wildman–Crippen MR) is 41.9 cm³/mol. The number of β-lactam (4-membered cyclic amide) rings is 1. The second-order valence-corrected chi connectivity index (χ2v) is 3.13. The highest BCUT2D eigenvalue weighted by molar-refractivity contribution is 5.85. The Morgan fingerprint density at radius 1 is 1.64 bits per heavy atom. The van der Waals surface area contributed by atoms with E-state index in [4.69, 9.17) is 4.74 Å². The molecule has 0 aromatic heterocycles. The zero-order valence-corrected chi connectivity index (χ0v) is 7.26. The number of hydrogen-bond donors (Lipinski definition) is 1. The van der Waals surface area contributed by atoms with Crippen molar-refractivity contribution in [2.75, 3.05) is 0 Å². The van der Waals surface area contributed by atoms with E-state index in [1.807, 2.05) is 20.8 Å². The van der Waals surface area contributed by atoms with Gasteiger partial charge in [0.25, 0.3) is 0 Å². The van der Waals surface area contributed by atoms with Crippen molar-refractivity contribution in [2.45, 2.75) is 39.5 Å². The van der Waals surface area contributed by atoms with Gasteiger partial charge in [-0.15, -0.1) is 0 Å². The lowest BCUT2D eigenvalue weighted by molar-refractivity contribution is -0.158. The first-order chi connectivity index (χ1) is 5.15. The lowest BCUT2D eigenvalue weighted by Gasteiger charge is -2.36. The molecule has 1 aliphatic heterocycles. The van der Waals surface area contributed by atoms with Crippen LogP contribution in [0.3, 0.4) is 0 Å². The fourth-order valence-electron chi connectivity index (χ4n) is 1.21. The van der Waals surface area contributed by atoms with Gasteiger partial charge in [0, 0.05) is 0 Å². The van der Waals surface area contributed by atoms with Gasteiger partial charge in [0.05, 0.1) is 12.0 Å². The van der Waals surface area contributed by atoms with Crippen LogP contribution in [0.4, 0.5) is 0 Å². The molecule has 0 bridgehead atoms. The second-order valence-electron chi connectivity index (χ2n) is 3.13. The maximum Gasteiger partial charge on any atom is 0.229 e. The summed E-state index contributed by atoms with van der Waals surface area (Å²) in [4.78, 5) is 10.9. The van der Waals surface area contributed by atoms with Gasteiger partial charge >= 0.3 is 0 Å². The van der Waals surface area contributed by atoms with Crippen LogP contribution in [-0.2, 0) is 9.53 Å². The predicted octanol–water partition coefficient (Wildman–Crippen LogP) is 0.893. The molecule has 1 heterocycles. The van der Waals surface area contributed by atoms with Gasteiger partial charge in [-0.2, -0.15) is 0 Å². The van der Waals surface area contributed by atoms with Crippen LogP contribution in [0.15, 0.2) is 0 Å². The van der Waals surface area contributed by atoms with Crippen molar-refractivity contribution in [3.8, 4) is 0 Å². The SMILES string of the molecule is CC[C@H]1C(=O)N[C@@H]1OC(C)C. The zero-order chi connectivity index (χ0) is 8.43. The molecular formula is C8H15NO2. The van der Waals surface area contributed by atoms with E-state index in [1.54, 1.807) is 0 Å². The van der Waals surface area contributed by atoms with Gasteiger partial charge in [-0.25, -0.2) is 0 Å². The quantitative estimate of drug-likeness (QED) is 0.618. The van der Waals surface area contributed by atoms with Gasteiger partial charge in [0.2, 0.25) is 5.91 Å². The van der Waals surface area contributed by atoms with Crippen molar-refractivity contribution >= 4 is 5.91 Å². The molecule has 1 saturated heterocycles. The van der Waals surface area contributed by atoms with Crippen LogP contribution < -0.4 is 5.32 Å². The minimum atomic E-state index is -0.0347. The van der Waals surface area contributed by atoms with Crippen LogP contribution in [0.2, 0.25) is 0 Å². The summed E-state index contributed by atoms with van der Waals surface area (Å²) in [6.07, 6.45) is 1.02. The normalized spacial score (nSPS) is 30.0. The molecule has 1 fully saturated rings. The molecule has 0 aliphatic carbocycles. The summed E-state index contributed by atoms with van der Waals surface area (Å²) in [5.41, 5.74) is 0. The molecule has 1 rings (SSSR count). The van der Waals surface area contributed by atoms with Gasteiger partial charge in [0.15, 0.2) is 0 Å². The lowest BCUT2D eigenvalue weighted by Crippen LogP contribution is -2.59. The Hall–Kier alpha value is -0.570. The molecule has 64 valence electrons. The van der Waals surface area contributed by atoms with Crippen LogP contribution in [0.25, 0.3) is 0 Å². The summed E-state index contributed by atoms with van der Waals surface area (Å²) in [5, 5.41) is 2.71. The zero-order valence-electron chi connectivity index (χ0n) is 7.26. The van der Waals surface area contributed by atoms with Crippen molar-refractivity contribution in [3.63, 3.8) is 0 Å².